The number of benzene rings is 1. The van der Waals surface area contributed by atoms with Crippen LogP contribution in [0.1, 0.15) is 37.7 Å². The highest BCUT2D eigenvalue weighted by Gasteiger charge is 2.39. The van der Waals surface area contributed by atoms with Crippen molar-refractivity contribution in [2.45, 2.75) is 56.7 Å². The Balaban J connectivity index is 1.49. The molecule has 3 rings (SSSR count). The molecule has 2 aliphatic heterocycles. The van der Waals surface area contributed by atoms with Crippen molar-refractivity contribution in [2.24, 2.45) is 0 Å². The first-order valence-corrected chi connectivity index (χ1v) is 7.30. The van der Waals surface area contributed by atoms with Crippen molar-refractivity contribution < 1.29 is 5.11 Å². The molecular formula is C16H23NO. The molecule has 98 valence electrons. The van der Waals surface area contributed by atoms with Gasteiger partial charge in [0.2, 0.25) is 0 Å². The highest BCUT2D eigenvalue weighted by molar-refractivity contribution is 5.14. The molecule has 18 heavy (non-hydrogen) atoms. The minimum atomic E-state index is -0.0344. The molecule has 2 saturated heterocycles. The fourth-order valence-corrected chi connectivity index (χ4v) is 3.72. The van der Waals surface area contributed by atoms with Crippen molar-refractivity contribution in [1.82, 2.24) is 4.90 Å². The van der Waals surface area contributed by atoms with Crippen molar-refractivity contribution in [1.29, 1.82) is 0 Å². The Labute approximate surface area is 110 Å². The molecule has 2 bridgehead atoms. The molecule has 2 aliphatic rings. The van der Waals surface area contributed by atoms with Crippen LogP contribution in [0.15, 0.2) is 30.3 Å². The van der Waals surface area contributed by atoms with E-state index in [0.717, 1.165) is 12.8 Å². The molecule has 2 heteroatoms. The van der Waals surface area contributed by atoms with Crippen LogP contribution in [0.4, 0.5) is 0 Å². The molecule has 0 radical (unpaired) electrons. The van der Waals surface area contributed by atoms with E-state index >= 15 is 0 Å². The summed E-state index contributed by atoms with van der Waals surface area (Å²) in [6, 6.07) is 12.1. The summed E-state index contributed by atoms with van der Waals surface area (Å²) < 4.78 is 0. The second-order valence-corrected chi connectivity index (χ2v) is 5.84. The van der Waals surface area contributed by atoms with Gasteiger partial charge in [0.15, 0.2) is 0 Å². The summed E-state index contributed by atoms with van der Waals surface area (Å²) in [5.41, 5.74) is 1.45. The summed E-state index contributed by atoms with van der Waals surface area (Å²) in [5, 5.41) is 9.78. The number of rotatable bonds is 4. The molecule has 0 saturated carbocycles. The number of nitrogens with zero attached hydrogens (tertiary/aromatic N) is 1. The summed E-state index contributed by atoms with van der Waals surface area (Å²) in [5.74, 6) is 0. The molecule has 0 aliphatic carbocycles. The maximum Gasteiger partial charge on any atom is 0.0570 e. The highest BCUT2D eigenvalue weighted by Crippen LogP contribution is 2.35. The molecule has 1 N–H and O–H groups in total. The van der Waals surface area contributed by atoms with Gasteiger partial charge < -0.3 is 5.11 Å². The molecule has 1 aromatic rings. The summed E-state index contributed by atoms with van der Waals surface area (Å²) in [4.78, 5) is 2.66. The van der Waals surface area contributed by atoms with E-state index in [1.807, 2.05) is 0 Å². The number of aliphatic hydroxyl groups is 1. The fourth-order valence-electron chi connectivity index (χ4n) is 3.72. The standard InChI is InChI=1S/C16H23NO/c18-16-11-14-8-9-15(12-16)17(14)10-4-7-13-5-2-1-3-6-13/h1-3,5-6,14-16,18H,4,7-12H2. The molecule has 2 fully saturated rings. The first-order chi connectivity index (χ1) is 8.83. The van der Waals surface area contributed by atoms with Gasteiger partial charge in [-0.15, -0.1) is 0 Å². The average Bonchev–Trinajstić information content (AvgIpc) is 2.63. The molecule has 0 amide bonds. The number of aryl methyl sites for hydroxylation is 1. The van der Waals surface area contributed by atoms with Gasteiger partial charge in [-0.1, -0.05) is 30.3 Å². The smallest absolute Gasteiger partial charge is 0.0570 e. The Bertz CT molecular complexity index is 364. The maximum absolute atomic E-state index is 9.78. The van der Waals surface area contributed by atoms with Crippen LogP contribution in [0.2, 0.25) is 0 Å². The first-order valence-electron chi connectivity index (χ1n) is 7.30. The van der Waals surface area contributed by atoms with Crippen molar-refractivity contribution in [2.75, 3.05) is 6.54 Å². The number of fused-ring (bicyclic) bond motifs is 2. The third-order valence-electron chi connectivity index (χ3n) is 4.58. The van der Waals surface area contributed by atoms with Crippen molar-refractivity contribution in [3.05, 3.63) is 35.9 Å². The Morgan fingerprint density at radius 1 is 1.06 bits per heavy atom. The zero-order valence-corrected chi connectivity index (χ0v) is 11.0. The minimum Gasteiger partial charge on any atom is -0.393 e. The van der Waals surface area contributed by atoms with E-state index in [0.29, 0.717) is 12.1 Å². The van der Waals surface area contributed by atoms with E-state index in [1.165, 1.54) is 37.8 Å². The number of piperidine rings is 1. The number of aliphatic hydroxyl groups excluding tert-OH is 1. The lowest BCUT2D eigenvalue weighted by molar-refractivity contribution is 0.0350. The largest absolute Gasteiger partial charge is 0.393 e. The van der Waals surface area contributed by atoms with Crippen LogP contribution in [-0.4, -0.2) is 34.7 Å². The van der Waals surface area contributed by atoms with E-state index in [4.69, 9.17) is 0 Å². The topological polar surface area (TPSA) is 23.5 Å². The number of hydrogen-bond acceptors (Lipinski definition) is 2. The van der Waals surface area contributed by atoms with Gasteiger partial charge in [-0.05, 0) is 50.6 Å². The highest BCUT2D eigenvalue weighted by atomic mass is 16.3. The third kappa shape index (κ3) is 2.60. The Morgan fingerprint density at radius 2 is 1.72 bits per heavy atom. The third-order valence-corrected chi connectivity index (χ3v) is 4.58. The molecule has 0 aromatic heterocycles. The van der Waals surface area contributed by atoms with E-state index in [-0.39, 0.29) is 6.10 Å². The summed E-state index contributed by atoms with van der Waals surface area (Å²) in [6.45, 7) is 1.21. The Kier molecular flexibility index (Phi) is 3.67. The molecule has 1 aromatic carbocycles. The second-order valence-electron chi connectivity index (χ2n) is 5.84. The molecule has 0 spiro atoms. The van der Waals surface area contributed by atoms with Gasteiger partial charge in [-0.25, -0.2) is 0 Å². The Morgan fingerprint density at radius 3 is 2.39 bits per heavy atom. The minimum absolute atomic E-state index is 0.0344. The molecule has 2 unspecified atom stereocenters. The molecule has 2 atom stereocenters. The van der Waals surface area contributed by atoms with Crippen LogP contribution < -0.4 is 0 Å². The molecule has 2 nitrogen and oxygen atoms in total. The predicted molar refractivity (Wildman–Crippen MR) is 73.5 cm³/mol. The molecule has 2 heterocycles. The van der Waals surface area contributed by atoms with Gasteiger partial charge in [0, 0.05) is 12.1 Å². The fraction of sp³-hybridized carbons (Fsp3) is 0.625. The average molecular weight is 245 g/mol. The van der Waals surface area contributed by atoms with Crippen LogP contribution >= 0.6 is 0 Å². The Hall–Kier alpha value is -0.860. The van der Waals surface area contributed by atoms with Crippen LogP contribution in [0.3, 0.4) is 0 Å². The molecular weight excluding hydrogens is 222 g/mol. The SMILES string of the molecule is OC1CC2CCC(C1)N2CCCc1ccccc1. The monoisotopic (exact) mass is 245 g/mol. The van der Waals surface area contributed by atoms with Gasteiger partial charge in [0.1, 0.15) is 0 Å². The van der Waals surface area contributed by atoms with Crippen molar-refractivity contribution in [3.8, 4) is 0 Å². The van der Waals surface area contributed by atoms with Gasteiger partial charge in [-0.3, -0.25) is 4.90 Å². The van der Waals surface area contributed by atoms with Crippen LogP contribution in [-0.2, 0) is 6.42 Å². The van der Waals surface area contributed by atoms with Crippen LogP contribution in [0.5, 0.6) is 0 Å². The van der Waals surface area contributed by atoms with E-state index in [9.17, 15) is 5.11 Å². The predicted octanol–water partition coefficient (Wildman–Crippen LogP) is 2.61. The van der Waals surface area contributed by atoms with Gasteiger partial charge >= 0.3 is 0 Å². The quantitative estimate of drug-likeness (QED) is 0.881. The first kappa shape index (κ1) is 12.2. The van der Waals surface area contributed by atoms with Gasteiger partial charge in [0.25, 0.3) is 0 Å². The van der Waals surface area contributed by atoms with E-state index in [1.54, 1.807) is 0 Å². The van der Waals surface area contributed by atoms with Gasteiger partial charge in [-0.2, -0.15) is 0 Å². The second kappa shape index (κ2) is 5.41. The zero-order chi connectivity index (χ0) is 12.4. The van der Waals surface area contributed by atoms with Gasteiger partial charge in [0.05, 0.1) is 6.10 Å². The number of hydrogen-bond donors (Lipinski definition) is 1. The zero-order valence-electron chi connectivity index (χ0n) is 11.0. The van der Waals surface area contributed by atoms with E-state index < -0.39 is 0 Å². The van der Waals surface area contributed by atoms with E-state index in [2.05, 4.69) is 35.2 Å². The summed E-state index contributed by atoms with van der Waals surface area (Å²) >= 11 is 0. The lowest BCUT2D eigenvalue weighted by Gasteiger charge is -2.37. The summed E-state index contributed by atoms with van der Waals surface area (Å²) in [6.07, 6.45) is 6.99. The van der Waals surface area contributed by atoms with Crippen molar-refractivity contribution in [3.63, 3.8) is 0 Å². The van der Waals surface area contributed by atoms with Crippen LogP contribution in [0, 0.1) is 0 Å². The van der Waals surface area contributed by atoms with Crippen LogP contribution in [0.25, 0.3) is 0 Å². The normalized spacial score (nSPS) is 31.7. The van der Waals surface area contributed by atoms with Crippen molar-refractivity contribution >= 4 is 0 Å². The maximum atomic E-state index is 9.78. The lowest BCUT2D eigenvalue weighted by Crippen LogP contribution is -2.45. The summed E-state index contributed by atoms with van der Waals surface area (Å²) in [7, 11) is 0. The lowest BCUT2D eigenvalue weighted by atomic mass is 9.99.